The molecular formula is C27H41NO9. The molecule has 0 radical (unpaired) electrons. The first kappa shape index (κ1) is 31.9. The van der Waals surface area contributed by atoms with Crippen LogP contribution in [0.1, 0.15) is 85.1 Å². The van der Waals surface area contributed by atoms with Crippen LogP contribution in [0.3, 0.4) is 0 Å². The van der Waals surface area contributed by atoms with Crippen LogP contribution in [0.2, 0.25) is 0 Å². The van der Waals surface area contributed by atoms with Crippen LogP contribution in [0, 0.1) is 11.8 Å². The van der Waals surface area contributed by atoms with Crippen molar-refractivity contribution < 1.29 is 43.2 Å². The number of carboxylic acid groups (broad SMARTS) is 1. The number of carboxylic acids is 1. The van der Waals surface area contributed by atoms with Gasteiger partial charge < -0.3 is 29.8 Å². The van der Waals surface area contributed by atoms with E-state index in [0.717, 1.165) is 0 Å². The van der Waals surface area contributed by atoms with E-state index in [0.29, 0.717) is 24.3 Å². The number of hydrogen-bond acceptors (Lipinski definition) is 9. The molecule has 3 N–H and O–H groups in total. The Kier molecular flexibility index (Phi) is 13.7. The molecular weight excluding hydrogens is 482 g/mol. The molecule has 3 atom stereocenters. The van der Waals surface area contributed by atoms with Gasteiger partial charge in [-0.3, -0.25) is 14.4 Å². The minimum Gasteiger partial charge on any atom is -0.480 e. The molecule has 0 fully saturated rings. The highest BCUT2D eigenvalue weighted by Gasteiger charge is 2.30. The maximum atomic E-state index is 12.5. The lowest BCUT2D eigenvalue weighted by Gasteiger charge is -2.25. The average Bonchev–Trinajstić information content (AvgIpc) is 2.80. The largest absolute Gasteiger partial charge is 0.508 e. The summed E-state index contributed by atoms with van der Waals surface area (Å²) in [4.78, 5) is 48.3. The Labute approximate surface area is 218 Å². The second-order valence-corrected chi connectivity index (χ2v) is 9.84. The molecule has 1 aromatic rings. The fourth-order valence-corrected chi connectivity index (χ4v) is 3.46. The topological polar surface area (TPSA) is 151 Å². The van der Waals surface area contributed by atoms with E-state index in [-0.39, 0.29) is 43.3 Å². The number of rotatable bonds is 15. The standard InChI is InChI=1S/C27H41NO9/c1-7-34-27(33)35-18(6)14-20(25(28)26(31)32)19-10-11-21(36-23(29)12-8-16(2)3)22(15-19)37-24(30)13-9-17(4)5/h10-11,15-18,20,25H,7-9,12-14,28H2,1-6H3,(H,31,32)/t18?,20?,25-/m0/s1. The van der Waals surface area contributed by atoms with Crippen LogP contribution in [-0.4, -0.2) is 47.9 Å². The Hall–Kier alpha value is -3.14. The number of hydrogen-bond donors (Lipinski definition) is 2. The number of aliphatic carboxylic acids is 1. The molecule has 0 aromatic heterocycles. The smallest absolute Gasteiger partial charge is 0.480 e. The third-order valence-electron chi connectivity index (χ3n) is 5.56. The van der Waals surface area contributed by atoms with E-state index in [1.807, 2.05) is 27.7 Å². The van der Waals surface area contributed by atoms with Gasteiger partial charge in [0, 0.05) is 18.8 Å². The van der Waals surface area contributed by atoms with Gasteiger partial charge in [-0.1, -0.05) is 33.8 Å². The highest BCUT2D eigenvalue weighted by Crippen LogP contribution is 2.35. The maximum absolute atomic E-state index is 12.5. The van der Waals surface area contributed by atoms with Gasteiger partial charge in [-0.15, -0.1) is 0 Å². The molecule has 0 bridgehead atoms. The van der Waals surface area contributed by atoms with Crippen molar-refractivity contribution >= 4 is 24.1 Å². The second-order valence-electron chi connectivity index (χ2n) is 9.84. The molecule has 0 saturated heterocycles. The van der Waals surface area contributed by atoms with Gasteiger partial charge in [0.25, 0.3) is 0 Å². The monoisotopic (exact) mass is 523 g/mol. The Morgan fingerprint density at radius 2 is 1.43 bits per heavy atom. The van der Waals surface area contributed by atoms with Crippen LogP contribution in [0.4, 0.5) is 4.79 Å². The number of carbonyl (C=O) groups is 4. The molecule has 0 saturated carbocycles. The predicted octanol–water partition coefficient (Wildman–Crippen LogP) is 4.82. The van der Waals surface area contributed by atoms with Gasteiger partial charge in [0.05, 0.1) is 6.61 Å². The van der Waals surface area contributed by atoms with Crippen LogP contribution >= 0.6 is 0 Å². The first-order chi connectivity index (χ1) is 17.3. The molecule has 0 heterocycles. The lowest BCUT2D eigenvalue weighted by Crippen LogP contribution is -2.38. The Bertz CT molecular complexity index is 913. The summed E-state index contributed by atoms with van der Waals surface area (Å²) in [5.74, 6) is -2.43. The lowest BCUT2D eigenvalue weighted by atomic mass is 9.87. The van der Waals surface area contributed by atoms with Gasteiger partial charge in [-0.2, -0.15) is 0 Å². The van der Waals surface area contributed by atoms with Gasteiger partial charge in [0.1, 0.15) is 12.1 Å². The van der Waals surface area contributed by atoms with Crippen molar-refractivity contribution in [1.29, 1.82) is 0 Å². The molecule has 208 valence electrons. The van der Waals surface area contributed by atoms with Crippen LogP contribution in [-0.2, 0) is 23.9 Å². The van der Waals surface area contributed by atoms with Crippen LogP contribution in [0.25, 0.3) is 0 Å². The zero-order valence-electron chi connectivity index (χ0n) is 22.7. The van der Waals surface area contributed by atoms with E-state index >= 15 is 0 Å². The summed E-state index contributed by atoms with van der Waals surface area (Å²) < 4.78 is 21.0. The van der Waals surface area contributed by atoms with Crippen molar-refractivity contribution in [3.63, 3.8) is 0 Å². The summed E-state index contributed by atoms with van der Waals surface area (Å²) in [6, 6.07) is 3.10. The van der Waals surface area contributed by atoms with Crippen LogP contribution < -0.4 is 15.2 Å². The molecule has 0 aliphatic rings. The van der Waals surface area contributed by atoms with Crippen molar-refractivity contribution in [3.05, 3.63) is 23.8 Å². The van der Waals surface area contributed by atoms with E-state index in [1.165, 1.54) is 12.1 Å². The van der Waals surface area contributed by atoms with Crippen molar-refractivity contribution in [1.82, 2.24) is 0 Å². The van der Waals surface area contributed by atoms with Crippen molar-refractivity contribution in [2.24, 2.45) is 17.6 Å². The fourth-order valence-electron chi connectivity index (χ4n) is 3.46. The average molecular weight is 524 g/mol. The highest BCUT2D eigenvalue weighted by molar-refractivity contribution is 5.77. The van der Waals surface area contributed by atoms with Crippen LogP contribution in [0.5, 0.6) is 11.5 Å². The normalized spacial score (nSPS) is 13.5. The summed E-state index contributed by atoms with van der Waals surface area (Å²) in [5, 5.41) is 9.59. The summed E-state index contributed by atoms with van der Waals surface area (Å²) in [6.07, 6.45) is 0.0493. The van der Waals surface area contributed by atoms with Gasteiger partial charge >= 0.3 is 24.1 Å². The summed E-state index contributed by atoms with van der Waals surface area (Å²) in [5.41, 5.74) is 6.40. The van der Waals surface area contributed by atoms with E-state index in [2.05, 4.69) is 0 Å². The fraction of sp³-hybridized carbons (Fsp3) is 0.630. The zero-order valence-corrected chi connectivity index (χ0v) is 22.7. The minimum absolute atomic E-state index is 0.00861. The molecule has 37 heavy (non-hydrogen) atoms. The second kappa shape index (κ2) is 15.9. The molecule has 1 aromatic carbocycles. The van der Waals surface area contributed by atoms with Crippen molar-refractivity contribution in [3.8, 4) is 11.5 Å². The Morgan fingerprint density at radius 1 is 0.892 bits per heavy atom. The summed E-state index contributed by atoms with van der Waals surface area (Å²) >= 11 is 0. The van der Waals surface area contributed by atoms with E-state index in [1.54, 1.807) is 19.9 Å². The molecule has 1 rings (SSSR count). The molecule has 0 spiro atoms. The van der Waals surface area contributed by atoms with Crippen LogP contribution in [0.15, 0.2) is 18.2 Å². The third kappa shape index (κ3) is 12.1. The van der Waals surface area contributed by atoms with E-state index < -0.39 is 42.1 Å². The van der Waals surface area contributed by atoms with E-state index in [4.69, 9.17) is 24.7 Å². The first-order valence-electron chi connectivity index (χ1n) is 12.7. The van der Waals surface area contributed by atoms with Gasteiger partial charge in [-0.25, -0.2) is 4.79 Å². The number of ether oxygens (including phenoxy) is 4. The Morgan fingerprint density at radius 3 is 1.92 bits per heavy atom. The minimum atomic E-state index is -1.35. The molecule has 10 heteroatoms. The number of benzene rings is 1. The van der Waals surface area contributed by atoms with E-state index in [9.17, 15) is 24.3 Å². The highest BCUT2D eigenvalue weighted by atomic mass is 16.7. The molecule has 0 aliphatic heterocycles. The van der Waals surface area contributed by atoms with Crippen molar-refractivity contribution in [2.75, 3.05) is 6.61 Å². The number of carbonyl (C=O) groups excluding carboxylic acids is 3. The summed E-state index contributed by atoms with van der Waals surface area (Å²) in [7, 11) is 0. The zero-order chi connectivity index (χ0) is 28.1. The van der Waals surface area contributed by atoms with Gasteiger partial charge in [-0.05, 0) is 62.6 Å². The number of nitrogens with two attached hydrogens (primary N) is 1. The molecule has 10 nitrogen and oxygen atoms in total. The quantitative estimate of drug-likeness (QED) is 0.242. The number of esters is 2. The summed E-state index contributed by atoms with van der Waals surface area (Å²) in [6.45, 7) is 11.3. The molecule has 2 unspecified atom stereocenters. The van der Waals surface area contributed by atoms with Gasteiger partial charge in [0.15, 0.2) is 11.5 Å². The predicted molar refractivity (Wildman–Crippen MR) is 136 cm³/mol. The molecule has 0 aliphatic carbocycles. The Balaban J connectivity index is 3.30. The van der Waals surface area contributed by atoms with Gasteiger partial charge in [0.2, 0.25) is 0 Å². The van der Waals surface area contributed by atoms with Crippen molar-refractivity contribution in [2.45, 2.75) is 91.7 Å². The first-order valence-corrected chi connectivity index (χ1v) is 12.7. The molecule has 0 amide bonds. The lowest BCUT2D eigenvalue weighted by molar-refractivity contribution is -0.139. The maximum Gasteiger partial charge on any atom is 0.508 e. The SMILES string of the molecule is CCOC(=O)OC(C)CC(c1ccc(OC(=O)CCC(C)C)c(OC(=O)CCC(C)C)c1)[C@H](N)C(=O)O. The third-order valence-corrected chi connectivity index (χ3v) is 5.56.